The Bertz CT molecular complexity index is 532. The Kier molecular flexibility index (Phi) is 3.54. The minimum atomic E-state index is -3.18. The van der Waals surface area contributed by atoms with Gasteiger partial charge in [0.15, 0.2) is 9.84 Å². The molecule has 1 aliphatic rings. The van der Waals surface area contributed by atoms with Crippen LogP contribution in [0.3, 0.4) is 0 Å². The van der Waals surface area contributed by atoms with Gasteiger partial charge in [-0.3, -0.25) is 0 Å². The van der Waals surface area contributed by atoms with Crippen molar-refractivity contribution >= 4 is 38.7 Å². The van der Waals surface area contributed by atoms with Gasteiger partial charge in [-0.25, -0.2) is 8.42 Å². The average molecular weight is 296 g/mol. The van der Waals surface area contributed by atoms with Gasteiger partial charge in [-0.2, -0.15) is 0 Å². The van der Waals surface area contributed by atoms with E-state index in [1.165, 1.54) is 0 Å². The molecule has 7 heteroatoms. The molecule has 17 heavy (non-hydrogen) atoms. The molecule has 1 heterocycles. The van der Waals surface area contributed by atoms with E-state index >= 15 is 0 Å². The molecule has 1 aromatic carbocycles. The van der Waals surface area contributed by atoms with Gasteiger partial charge >= 0.3 is 0 Å². The second-order valence-corrected chi connectivity index (χ2v) is 6.94. The summed E-state index contributed by atoms with van der Waals surface area (Å²) in [7, 11) is -3.18. The Balaban J connectivity index is 2.20. The summed E-state index contributed by atoms with van der Waals surface area (Å²) in [6.07, 6.45) is -0.921. The standard InChI is InChI=1S/C10H11Cl2NO3S/c11-6-2-1-3-7(10(6)12)13-8-4-17(15,16)5-9(8)14/h1-3,8-9,13-14H,4-5H2. The fourth-order valence-corrected chi connectivity index (χ4v) is 3.88. The van der Waals surface area contributed by atoms with Crippen molar-refractivity contribution in [1.29, 1.82) is 0 Å². The van der Waals surface area contributed by atoms with Gasteiger partial charge in [0, 0.05) is 0 Å². The molecule has 0 saturated carbocycles. The number of anilines is 1. The summed E-state index contributed by atoms with van der Waals surface area (Å²) in [5.74, 6) is -0.320. The van der Waals surface area contributed by atoms with Crippen molar-refractivity contribution in [3.05, 3.63) is 28.2 Å². The monoisotopic (exact) mass is 295 g/mol. The number of benzene rings is 1. The predicted molar refractivity (Wildman–Crippen MR) is 68.5 cm³/mol. The summed E-state index contributed by atoms with van der Waals surface area (Å²) in [4.78, 5) is 0. The first-order valence-electron chi connectivity index (χ1n) is 4.98. The third-order valence-electron chi connectivity index (χ3n) is 2.62. The molecule has 1 aromatic rings. The highest BCUT2D eigenvalue weighted by molar-refractivity contribution is 7.91. The molecule has 2 N–H and O–H groups in total. The van der Waals surface area contributed by atoms with Crippen LogP contribution < -0.4 is 5.32 Å². The number of rotatable bonds is 2. The fraction of sp³-hybridized carbons (Fsp3) is 0.400. The molecular weight excluding hydrogens is 285 g/mol. The average Bonchev–Trinajstić information content (AvgIpc) is 2.47. The molecule has 0 radical (unpaired) electrons. The normalized spacial score (nSPS) is 27.0. The smallest absolute Gasteiger partial charge is 0.155 e. The second kappa shape index (κ2) is 4.65. The number of halogens is 2. The van der Waals surface area contributed by atoms with Gasteiger partial charge in [0.1, 0.15) is 0 Å². The maximum atomic E-state index is 11.3. The van der Waals surface area contributed by atoms with Gasteiger partial charge in [-0.1, -0.05) is 29.3 Å². The number of aliphatic hydroxyl groups is 1. The summed E-state index contributed by atoms with van der Waals surface area (Å²) in [5, 5.41) is 13.2. The van der Waals surface area contributed by atoms with Crippen LogP contribution in [0.4, 0.5) is 5.69 Å². The lowest BCUT2D eigenvalue weighted by atomic mass is 10.2. The van der Waals surface area contributed by atoms with E-state index in [9.17, 15) is 13.5 Å². The summed E-state index contributed by atoms with van der Waals surface area (Å²) in [5.41, 5.74) is 0.528. The van der Waals surface area contributed by atoms with Gasteiger partial charge in [0.25, 0.3) is 0 Å². The first-order valence-corrected chi connectivity index (χ1v) is 7.56. The van der Waals surface area contributed by atoms with Crippen LogP contribution in [-0.4, -0.2) is 37.2 Å². The van der Waals surface area contributed by atoms with Gasteiger partial charge < -0.3 is 10.4 Å². The van der Waals surface area contributed by atoms with Crippen molar-refractivity contribution in [3.63, 3.8) is 0 Å². The Morgan fingerprint density at radius 1 is 1.29 bits per heavy atom. The molecule has 94 valence electrons. The van der Waals surface area contributed by atoms with E-state index < -0.39 is 22.0 Å². The van der Waals surface area contributed by atoms with Crippen LogP contribution >= 0.6 is 23.2 Å². The zero-order valence-electron chi connectivity index (χ0n) is 8.73. The highest BCUT2D eigenvalue weighted by Gasteiger charge is 2.36. The predicted octanol–water partition coefficient (Wildman–Crippen LogP) is 1.56. The summed E-state index contributed by atoms with van der Waals surface area (Å²) >= 11 is 11.8. The zero-order chi connectivity index (χ0) is 12.6. The number of hydrogen-bond acceptors (Lipinski definition) is 4. The first-order chi connectivity index (χ1) is 7.89. The molecule has 1 saturated heterocycles. The van der Waals surface area contributed by atoms with Gasteiger partial charge in [0.2, 0.25) is 0 Å². The van der Waals surface area contributed by atoms with Crippen LogP contribution in [0.15, 0.2) is 18.2 Å². The van der Waals surface area contributed by atoms with Crippen LogP contribution in [0, 0.1) is 0 Å². The molecular formula is C10H11Cl2NO3S. The van der Waals surface area contributed by atoms with E-state index in [0.29, 0.717) is 15.7 Å². The molecule has 4 nitrogen and oxygen atoms in total. The van der Waals surface area contributed by atoms with E-state index in [-0.39, 0.29) is 11.5 Å². The fourth-order valence-electron chi connectivity index (χ4n) is 1.78. The van der Waals surface area contributed by atoms with Crippen LogP contribution in [0.25, 0.3) is 0 Å². The number of sulfone groups is 1. The molecule has 2 atom stereocenters. The van der Waals surface area contributed by atoms with Crippen LogP contribution in [0.2, 0.25) is 10.0 Å². The molecule has 2 rings (SSSR count). The minimum Gasteiger partial charge on any atom is -0.390 e. The van der Waals surface area contributed by atoms with Crippen molar-refractivity contribution in [3.8, 4) is 0 Å². The van der Waals surface area contributed by atoms with Crippen LogP contribution in [0.1, 0.15) is 0 Å². The van der Waals surface area contributed by atoms with Crippen LogP contribution in [-0.2, 0) is 9.84 Å². The van der Waals surface area contributed by atoms with E-state index in [2.05, 4.69) is 5.32 Å². The minimum absolute atomic E-state index is 0.100. The topological polar surface area (TPSA) is 66.4 Å². The molecule has 1 fully saturated rings. The third-order valence-corrected chi connectivity index (χ3v) is 5.15. The van der Waals surface area contributed by atoms with Gasteiger partial charge in [0.05, 0.1) is 39.4 Å². The van der Waals surface area contributed by atoms with E-state index in [1.54, 1.807) is 18.2 Å². The Morgan fingerprint density at radius 2 is 2.00 bits per heavy atom. The van der Waals surface area contributed by atoms with Crippen molar-refractivity contribution in [1.82, 2.24) is 0 Å². The Hall–Kier alpha value is -0.490. The largest absolute Gasteiger partial charge is 0.390 e. The molecule has 0 aliphatic carbocycles. The quantitative estimate of drug-likeness (QED) is 0.869. The third kappa shape index (κ3) is 2.85. The van der Waals surface area contributed by atoms with Crippen molar-refractivity contribution in [2.24, 2.45) is 0 Å². The molecule has 0 amide bonds. The van der Waals surface area contributed by atoms with Crippen LogP contribution in [0.5, 0.6) is 0 Å². The Morgan fingerprint density at radius 3 is 2.59 bits per heavy atom. The highest BCUT2D eigenvalue weighted by Crippen LogP contribution is 2.31. The van der Waals surface area contributed by atoms with Gasteiger partial charge in [-0.05, 0) is 12.1 Å². The number of nitrogens with one attached hydrogen (secondary N) is 1. The molecule has 1 aliphatic heterocycles. The summed E-state index contributed by atoms with van der Waals surface area (Å²) in [6, 6.07) is 4.48. The van der Waals surface area contributed by atoms with Crippen molar-refractivity contribution in [2.75, 3.05) is 16.8 Å². The lowest BCUT2D eigenvalue weighted by Gasteiger charge is -2.17. The van der Waals surface area contributed by atoms with Crippen molar-refractivity contribution < 1.29 is 13.5 Å². The Labute approximate surface area is 109 Å². The summed E-state index contributed by atoms with van der Waals surface area (Å²) < 4.78 is 22.7. The second-order valence-electron chi connectivity index (χ2n) is 4.00. The molecule has 0 bridgehead atoms. The zero-order valence-corrected chi connectivity index (χ0v) is 11.1. The van der Waals surface area contributed by atoms with E-state index in [4.69, 9.17) is 23.2 Å². The van der Waals surface area contributed by atoms with E-state index in [1.807, 2.05) is 0 Å². The SMILES string of the molecule is O=S1(=O)CC(O)C(Nc2cccc(Cl)c2Cl)C1. The van der Waals surface area contributed by atoms with Gasteiger partial charge in [-0.15, -0.1) is 0 Å². The first kappa shape index (κ1) is 13.0. The number of aliphatic hydroxyl groups excluding tert-OH is 1. The molecule has 0 spiro atoms. The summed E-state index contributed by atoms with van der Waals surface area (Å²) in [6.45, 7) is 0. The molecule has 0 aromatic heterocycles. The maximum absolute atomic E-state index is 11.3. The van der Waals surface area contributed by atoms with Crippen molar-refractivity contribution in [2.45, 2.75) is 12.1 Å². The maximum Gasteiger partial charge on any atom is 0.155 e. The number of hydrogen-bond donors (Lipinski definition) is 2. The lowest BCUT2D eigenvalue weighted by molar-refractivity contribution is 0.190. The van der Waals surface area contributed by atoms with E-state index in [0.717, 1.165) is 0 Å². The highest BCUT2D eigenvalue weighted by atomic mass is 35.5. The lowest BCUT2D eigenvalue weighted by Crippen LogP contribution is -2.31. The molecule has 2 unspecified atom stereocenters.